The Morgan fingerprint density at radius 2 is 1.91 bits per heavy atom. The molecule has 2 aliphatic heterocycles. The first-order valence-electron chi connectivity index (χ1n) is 12.1. The van der Waals surface area contributed by atoms with E-state index in [9.17, 15) is 4.79 Å². The van der Waals surface area contributed by atoms with Crippen LogP contribution in [-0.2, 0) is 0 Å². The summed E-state index contributed by atoms with van der Waals surface area (Å²) in [5.74, 6) is 0.676. The molecule has 3 heteroatoms. The van der Waals surface area contributed by atoms with Crippen LogP contribution in [0.1, 0.15) is 63.7 Å². The molecule has 4 aliphatic rings. The minimum Gasteiger partial charge on any atom is -0.337 e. The van der Waals surface area contributed by atoms with Gasteiger partial charge in [0.25, 0.3) is 0 Å². The summed E-state index contributed by atoms with van der Waals surface area (Å²) >= 11 is 1.74. The Kier molecular flexibility index (Phi) is 5.86. The fourth-order valence-corrected chi connectivity index (χ4v) is 6.72. The first-order chi connectivity index (χ1) is 15.9. The van der Waals surface area contributed by atoms with E-state index in [1.54, 1.807) is 11.8 Å². The van der Waals surface area contributed by atoms with Crippen LogP contribution in [0, 0.1) is 11.3 Å². The van der Waals surface area contributed by atoms with Crippen molar-refractivity contribution in [1.29, 1.82) is 0 Å². The number of ketones is 1. The number of nitrogens with zero attached hydrogens (tertiary/aromatic N) is 1. The summed E-state index contributed by atoms with van der Waals surface area (Å²) < 4.78 is 0. The molecule has 0 saturated heterocycles. The van der Waals surface area contributed by atoms with E-state index in [4.69, 9.17) is 0 Å². The third kappa shape index (κ3) is 3.91. The third-order valence-corrected chi connectivity index (χ3v) is 8.98. The molecule has 0 spiro atoms. The Hall–Kier alpha value is -2.52. The van der Waals surface area contributed by atoms with Gasteiger partial charge in [-0.2, -0.15) is 0 Å². The molecule has 0 bridgehead atoms. The molecule has 0 amide bonds. The molecule has 170 valence electrons. The topological polar surface area (TPSA) is 20.3 Å². The van der Waals surface area contributed by atoms with Crippen molar-refractivity contribution in [1.82, 2.24) is 0 Å². The van der Waals surface area contributed by atoms with Gasteiger partial charge in [0.15, 0.2) is 5.78 Å². The number of fused-ring (bicyclic) bond motifs is 2. The average molecular weight is 456 g/mol. The van der Waals surface area contributed by atoms with Gasteiger partial charge in [0, 0.05) is 34.7 Å². The molecular formula is C30H33NOS. The van der Waals surface area contributed by atoms with Gasteiger partial charge < -0.3 is 4.90 Å². The van der Waals surface area contributed by atoms with Gasteiger partial charge in [-0.15, -0.1) is 0 Å². The van der Waals surface area contributed by atoms with Crippen molar-refractivity contribution in [2.24, 2.45) is 11.3 Å². The number of anilines is 1. The maximum Gasteiger partial charge on any atom is 0.168 e. The first-order valence-corrected chi connectivity index (χ1v) is 12.9. The molecule has 2 nitrogen and oxygen atoms in total. The van der Waals surface area contributed by atoms with Crippen LogP contribution in [-0.4, -0.2) is 11.8 Å². The number of hydrogen-bond donors (Lipinski definition) is 0. The summed E-state index contributed by atoms with van der Waals surface area (Å²) in [6, 6.07) is 6.82. The maximum absolute atomic E-state index is 13.2. The third-order valence-electron chi connectivity index (χ3n) is 7.75. The Labute approximate surface area is 202 Å². The lowest BCUT2D eigenvalue weighted by atomic mass is 9.64. The molecule has 1 aromatic rings. The van der Waals surface area contributed by atoms with Crippen molar-refractivity contribution in [3.05, 3.63) is 94.1 Å². The highest BCUT2D eigenvalue weighted by atomic mass is 32.2. The van der Waals surface area contributed by atoms with Crippen molar-refractivity contribution in [3.8, 4) is 0 Å². The van der Waals surface area contributed by atoms with E-state index in [2.05, 4.69) is 99.4 Å². The zero-order valence-corrected chi connectivity index (χ0v) is 20.9. The van der Waals surface area contributed by atoms with Crippen LogP contribution in [0.3, 0.4) is 0 Å². The first kappa shape index (κ1) is 22.3. The number of carbonyl (C=O) groups is 1. The Balaban J connectivity index is 1.68. The molecule has 2 unspecified atom stereocenters. The molecule has 2 aliphatic carbocycles. The largest absolute Gasteiger partial charge is 0.337 e. The van der Waals surface area contributed by atoms with Crippen LogP contribution in [0.5, 0.6) is 0 Å². The molecule has 1 aromatic carbocycles. The normalized spacial score (nSPS) is 28.2. The van der Waals surface area contributed by atoms with E-state index in [0.29, 0.717) is 12.3 Å². The second-order valence-electron chi connectivity index (χ2n) is 10.1. The van der Waals surface area contributed by atoms with Crippen LogP contribution in [0.4, 0.5) is 5.69 Å². The van der Waals surface area contributed by atoms with Crippen molar-refractivity contribution in [2.75, 3.05) is 4.90 Å². The Bertz CT molecular complexity index is 1170. The molecular weight excluding hydrogens is 422 g/mol. The molecule has 5 rings (SSSR count). The van der Waals surface area contributed by atoms with Crippen molar-refractivity contribution in [3.63, 3.8) is 0 Å². The Morgan fingerprint density at radius 3 is 2.76 bits per heavy atom. The summed E-state index contributed by atoms with van der Waals surface area (Å²) in [4.78, 5) is 18.1. The highest BCUT2D eigenvalue weighted by Gasteiger charge is 2.45. The molecule has 33 heavy (non-hydrogen) atoms. The maximum atomic E-state index is 13.2. The summed E-state index contributed by atoms with van der Waals surface area (Å²) in [6.07, 6.45) is 21.7. The number of Topliss-reactive ketones (excluding diaryl/α,β-unsaturated/α-hetero) is 1. The summed E-state index contributed by atoms with van der Waals surface area (Å²) in [5.41, 5.74) is 6.02. The van der Waals surface area contributed by atoms with E-state index in [-0.39, 0.29) is 17.2 Å². The summed E-state index contributed by atoms with van der Waals surface area (Å²) in [6.45, 7) is 9.02. The quantitative estimate of drug-likeness (QED) is 0.398. The van der Waals surface area contributed by atoms with Gasteiger partial charge in [0.1, 0.15) is 0 Å². The second-order valence-corrected chi connectivity index (χ2v) is 11.4. The standard InChI is InChI=1S/C30H33NOS/c1-20-18-28(32)23-19-22(16-17-29(23)33-21(20)2)31-26-14-10-6-5-8-12-24(26)30(3,4)25-13-9-7-11-15-27(25)31/h5,7-11,13-14,16-17,19,24,26H,6,12,15,18H2,1-4H3/b8-5-,14-10-. The highest BCUT2D eigenvalue weighted by Crippen LogP contribution is 2.51. The smallest absolute Gasteiger partial charge is 0.168 e. The monoisotopic (exact) mass is 455 g/mol. The minimum atomic E-state index is 0.0561. The van der Waals surface area contributed by atoms with Gasteiger partial charge in [0.05, 0.1) is 6.04 Å². The highest BCUT2D eigenvalue weighted by molar-refractivity contribution is 8.03. The fourth-order valence-electron chi connectivity index (χ4n) is 5.72. The second kappa shape index (κ2) is 8.68. The van der Waals surface area contributed by atoms with Crippen LogP contribution in [0.2, 0.25) is 0 Å². The van der Waals surface area contributed by atoms with Gasteiger partial charge >= 0.3 is 0 Å². The van der Waals surface area contributed by atoms with Gasteiger partial charge in [0.2, 0.25) is 0 Å². The molecule has 0 fully saturated rings. The van der Waals surface area contributed by atoms with Crippen LogP contribution in [0.15, 0.2) is 93.5 Å². The number of rotatable bonds is 1. The zero-order valence-electron chi connectivity index (χ0n) is 20.1. The lowest BCUT2D eigenvalue weighted by Gasteiger charge is -2.52. The number of allylic oxidation sites excluding steroid dienone is 10. The van der Waals surface area contributed by atoms with Crippen LogP contribution < -0.4 is 4.90 Å². The number of benzene rings is 1. The van der Waals surface area contributed by atoms with Gasteiger partial charge in [-0.1, -0.05) is 79.8 Å². The average Bonchev–Trinajstić information content (AvgIpc) is 3.06. The van der Waals surface area contributed by atoms with E-state index in [0.717, 1.165) is 35.4 Å². The SMILES string of the molecule is CC1=C(C)Sc2ccc(N3C4=C(C=CC=CC4)C(C)(C)C4C/C=C\C/C=C\C43)cc2C(=O)C1. The summed E-state index contributed by atoms with van der Waals surface area (Å²) in [5, 5.41) is 0. The van der Waals surface area contributed by atoms with E-state index in [1.807, 2.05) is 0 Å². The van der Waals surface area contributed by atoms with Crippen molar-refractivity contribution >= 4 is 23.2 Å². The van der Waals surface area contributed by atoms with Crippen molar-refractivity contribution < 1.29 is 4.79 Å². The van der Waals surface area contributed by atoms with Crippen LogP contribution >= 0.6 is 11.8 Å². The van der Waals surface area contributed by atoms with E-state index >= 15 is 0 Å². The molecule has 0 radical (unpaired) electrons. The van der Waals surface area contributed by atoms with Gasteiger partial charge in [-0.05, 0) is 66.7 Å². The number of hydrogen-bond acceptors (Lipinski definition) is 3. The molecule has 0 N–H and O–H groups in total. The van der Waals surface area contributed by atoms with Crippen LogP contribution in [0.25, 0.3) is 0 Å². The predicted molar refractivity (Wildman–Crippen MR) is 141 cm³/mol. The minimum absolute atomic E-state index is 0.0561. The molecule has 2 atom stereocenters. The molecule has 0 saturated carbocycles. The van der Waals surface area contributed by atoms with Gasteiger partial charge in [-0.3, -0.25) is 4.79 Å². The molecule has 0 aromatic heterocycles. The lowest BCUT2D eigenvalue weighted by molar-refractivity contribution is 0.0990. The van der Waals surface area contributed by atoms with Crippen molar-refractivity contribution in [2.45, 2.75) is 64.3 Å². The number of carbonyl (C=O) groups excluding carboxylic acids is 1. The summed E-state index contributed by atoms with van der Waals surface area (Å²) in [7, 11) is 0. The van der Waals surface area contributed by atoms with E-state index in [1.165, 1.54) is 21.7 Å². The number of thioether (sulfide) groups is 1. The fraction of sp³-hybridized carbons (Fsp3) is 0.367. The van der Waals surface area contributed by atoms with E-state index < -0.39 is 0 Å². The van der Waals surface area contributed by atoms with Gasteiger partial charge in [-0.25, -0.2) is 0 Å². The predicted octanol–water partition coefficient (Wildman–Crippen LogP) is 8.17. The zero-order chi connectivity index (χ0) is 23.2. The Morgan fingerprint density at radius 1 is 1.06 bits per heavy atom. The molecule has 2 heterocycles. The lowest BCUT2D eigenvalue weighted by Crippen LogP contribution is -2.50.